The van der Waals surface area contributed by atoms with E-state index in [1.165, 1.54) is 5.56 Å². The Kier molecular flexibility index (Phi) is 7.07. The molecule has 26 heavy (non-hydrogen) atoms. The van der Waals surface area contributed by atoms with Gasteiger partial charge in [0.25, 0.3) is 0 Å². The van der Waals surface area contributed by atoms with Crippen molar-refractivity contribution >= 4 is 5.91 Å². The number of nitrogens with one attached hydrogen (secondary N) is 1. The lowest BCUT2D eigenvalue weighted by Gasteiger charge is -2.40. The maximum atomic E-state index is 12.9. The highest BCUT2D eigenvalue weighted by molar-refractivity contribution is 5.83. The topological polar surface area (TPSA) is 73.6 Å². The van der Waals surface area contributed by atoms with E-state index in [4.69, 9.17) is 15.2 Å². The molecule has 0 bridgehead atoms. The average Bonchev–Trinajstić information content (AvgIpc) is 2.69. The second-order valence-electron chi connectivity index (χ2n) is 7.47. The summed E-state index contributed by atoms with van der Waals surface area (Å²) in [4.78, 5) is 12.9. The third-order valence-electron chi connectivity index (χ3n) is 6.19. The van der Waals surface area contributed by atoms with Crippen LogP contribution in [0.4, 0.5) is 0 Å². The van der Waals surface area contributed by atoms with E-state index in [0.29, 0.717) is 26.3 Å². The third-order valence-corrected chi connectivity index (χ3v) is 6.19. The van der Waals surface area contributed by atoms with Crippen LogP contribution in [-0.4, -0.2) is 39.3 Å². The molecule has 0 aliphatic carbocycles. The lowest BCUT2D eigenvalue weighted by Crippen LogP contribution is -2.51. The number of aryl methyl sites for hydroxylation is 1. The number of rotatable bonds is 8. The van der Waals surface area contributed by atoms with E-state index in [1.54, 1.807) is 7.11 Å². The van der Waals surface area contributed by atoms with Crippen LogP contribution in [0, 0.1) is 12.3 Å². The lowest BCUT2D eigenvalue weighted by atomic mass is 9.72. The number of carbonyl (C=O) groups is 1. The van der Waals surface area contributed by atoms with Gasteiger partial charge in [0.05, 0.1) is 12.5 Å². The number of amides is 1. The minimum atomic E-state index is -0.483. The van der Waals surface area contributed by atoms with E-state index < -0.39 is 5.41 Å². The Morgan fingerprint density at radius 1 is 1.31 bits per heavy atom. The summed E-state index contributed by atoms with van der Waals surface area (Å²) < 4.78 is 11.3. The van der Waals surface area contributed by atoms with Crippen LogP contribution in [0.1, 0.15) is 50.7 Å². The molecular formula is C21H34N2O3. The molecule has 0 aromatic heterocycles. The van der Waals surface area contributed by atoms with Crippen molar-refractivity contribution in [3.63, 3.8) is 0 Å². The van der Waals surface area contributed by atoms with E-state index in [1.807, 2.05) is 19.9 Å². The zero-order valence-electron chi connectivity index (χ0n) is 16.7. The van der Waals surface area contributed by atoms with Gasteiger partial charge >= 0.3 is 0 Å². The van der Waals surface area contributed by atoms with Gasteiger partial charge < -0.3 is 20.5 Å². The van der Waals surface area contributed by atoms with E-state index in [9.17, 15) is 4.79 Å². The van der Waals surface area contributed by atoms with E-state index >= 15 is 0 Å². The highest BCUT2D eigenvalue weighted by atomic mass is 16.5. The molecule has 0 atom stereocenters. The van der Waals surface area contributed by atoms with Crippen LogP contribution in [0.15, 0.2) is 18.2 Å². The Balaban J connectivity index is 2.31. The molecule has 1 aliphatic heterocycles. The zero-order chi connectivity index (χ0) is 19.2. The van der Waals surface area contributed by atoms with Crippen molar-refractivity contribution in [1.82, 2.24) is 5.32 Å². The van der Waals surface area contributed by atoms with E-state index in [-0.39, 0.29) is 11.3 Å². The van der Waals surface area contributed by atoms with Crippen molar-refractivity contribution in [3.8, 4) is 5.75 Å². The Labute approximate surface area is 157 Å². The van der Waals surface area contributed by atoms with Crippen molar-refractivity contribution < 1.29 is 14.3 Å². The number of benzene rings is 1. The van der Waals surface area contributed by atoms with Crippen molar-refractivity contribution in [3.05, 3.63) is 29.3 Å². The summed E-state index contributed by atoms with van der Waals surface area (Å²) in [6.45, 7) is 8.48. The highest BCUT2D eigenvalue weighted by Crippen LogP contribution is 2.40. The summed E-state index contributed by atoms with van der Waals surface area (Å²) in [7, 11) is 1.70. The van der Waals surface area contributed by atoms with Gasteiger partial charge in [-0.05, 0) is 38.7 Å². The maximum absolute atomic E-state index is 12.9. The molecule has 1 aromatic carbocycles. The summed E-state index contributed by atoms with van der Waals surface area (Å²) in [5, 5.41) is 3.23. The van der Waals surface area contributed by atoms with E-state index in [2.05, 4.69) is 24.4 Å². The largest absolute Gasteiger partial charge is 0.496 e. The Morgan fingerprint density at radius 2 is 1.96 bits per heavy atom. The van der Waals surface area contributed by atoms with Crippen molar-refractivity contribution in [2.45, 2.75) is 51.9 Å². The normalized spacial score (nSPS) is 17.0. The number of hydrogen-bond donors (Lipinski definition) is 2. The average molecular weight is 363 g/mol. The van der Waals surface area contributed by atoms with Crippen LogP contribution in [-0.2, 0) is 14.9 Å². The maximum Gasteiger partial charge on any atom is 0.227 e. The van der Waals surface area contributed by atoms with Gasteiger partial charge in [0, 0.05) is 37.3 Å². The van der Waals surface area contributed by atoms with Crippen LogP contribution < -0.4 is 15.8 Å². The fraction of sp³-hybridized carbons (Fsp3) is 0.667. The van der Waals surface area contributed by atoms with Gasteiger partial charge in [-0.2, -0.15) is 0 Å². The van der Waals surface area contributed by atoms with Crippen LogP contribution >= 0.6 is 0 Å². The Bertz CT molecular complexity index is 597. The standard InChI is InChI=1S/C21H34N2O3/c1-5-20(6-2,14-22)19(24)23-15-21(9-11-26-12-10-21)17-13-16(3)7-8-18(17)25-4/h7-8,13H,5-6,9-12,14-15,22H2,1-4H3,(H,23,24). The molecule has 1 amide bonds. The molecule has 0 radical (unpaired) electrons. The molecule has 146 valence electrons. The Morgan fingerprint density at radius 3 is 2.50 bits per heavy atom. The van der Waals surface area contributed by atoms with Crippen LogP contribution in [0.25, 0.3) is 0 Å². The molecule has 5 nitrogen and oxygen atoms in total. The van der Waals surface area contributed by atoms with Gasteiger partial charge in [0.2, 0.25) is 5.91 Å². The fourth-order valence-corrected chi connectivity index (χ4v) is 3.93. The van der Waals surface area contributed by atoms with Crippen molar-refractivity contribution in [2.75, 3.05) is 33.4 Å². The number of ether oxygens (including phenoxy) is 2. The zero-order valence-corrected chi connectivity index (χ0v) is 16.7. The smallest absolute Gasteiger partial charge is 0.227 e. The minimum Gasteiger partial charge on any atom is -0.496 e. The van der Waals surface area contributed by atoms with Crippen LogP contribution in [0.5, 0.6) is 5.75 Å². The predicted octanol–water partition coefficient (Wildman–Crippen LogP) is 2.93. The first-order valence-corrected chi connectivity index (χ1v) is 9.68. The van der Waals surface area contributed by atoms with Gasteiger partial charge in [0.1, 0.15) is 5.75 Å². The molecule has 5 heteroatoms. The number of carbonyl (C=O) groups excluding carboxylic acids is 1. The summed E-state index contributed by atoms with van der Waals surface area (Å²) in [6, 6.07) is 6.26. The van der Waals surface area contributed by atoms with Crippen molar-refractivity contribution in [1.29, 1.82) is 0 Å². The van der Waals surface area contributed by atoms with Gasteiger partial charge in [-0.25, -0.2) is 0 Å². The molecule has 0 unspecified atom stereocenters. The molecule has 1 aromatic rings. The second kappa shape index (κ2) is 8.87. The fourth-order valence-electron chi connectivity index (χ4n) is 3.93. The number of nitrogens with two attached hydrogens (primary N) is 1. The lowest BCUT2D eigenvalue weighted by molar-refractivity contribution is -0.131. The molecular weight excluding hydrogens is 328 g/mol. The molecule has 1 saturated heterocycles. The molecule has 1 fully saturated rings. The van der Waals surface area contributed by atoms with Crippen LogP contribution in [0.3, 0.4) is 0 Å². The first-order chi connectivity index (χ1) is 12.5. The molecule has 0 saturated carbocycles. The number of hydrogen-bond acceptors (Lipinski definition) is 4. The minimum absolute atomic E-state index is 0.0579. The predicted molar refractivity (Wildman–Crippen MR) is 105 cm³/mol. The molecule has 3 N–H and O–H groups in total. The quantitative estimate of drug-likeness (QED) is 0.746. The van der Waals surface area contributed by atoms with E-state index in [0.717, 1.165) is 37.0 Å². The van der Waals surface area contributed by atoms with Crippen molar-refractivity contribution in [2.24, 2.45) is 11.1 Å². The first-order valence-electron chi connectivity index (χ1n) is 9.68. The summed E-state index contributed by atoms with van der Waals surface area (Å²) >= 11 is 0. The van der Waals surface area contributed by atoms with Crippen LogP contribution in [0.2, 0.25) is 0 Å². The third kappa shape index (κ3) is 4.04. The number of methoxy groups -OCH3 is 1. The molecule has 1 heterocycles. The highest BCUT2D eigenvalue weighted by Gasteiger charge is 2.40. The SMILES string of the molecule is CCC(CC)(CN)C(=O)NCC1(c2cc(C)ccc2OC)CCOCC1. The molecule has 2 rings (SSSR count). The summed E-state index contributed by atoms with van der Waals surface area (Å²) in [5.41, 5.74) is 7.64. The van der Waals surface area contributed by atoms with Gasteiger partial charge in [-0.15, -0.1) is 0 Å². The first kappa shape index (κ1) is 20.7. The van der Waals surface area contributed by atoms with Gasteiger partial charge in [-0.1, -0.05) is 31.5 Å². The van der Waals surface area contributed by atoms with Gasteiger partial charge in [-0.3, -0.25) is 4.79 Å². The monoisotopic (exact) mass is 362 g/mol. The molecule has 1 aliphatic rings. The second-order valence-corrected chi connectivity index (χ2v) is 7.47. The molecule has 0 spiro atoms. The van der Waals surface area contributed by atoms with Gasteiger partial charge in [0.15, 0.2) is 0 Å². The summed E-state index contributed by atoms with van der Waals surface area (Å²) in [6.07, 6.45) is 3.22. The summed E-state index contributed by atoms with van der Waals surface area (Å²) in [5.74, 6) is 0.935. The Hall–Kier alpha value is -1.59.